The first-order valence-corrected chi connectivity index (χ1v) is 5.97. The molecule has 1 aromatic carbocycles. The lowest BCUT2D eigenvalue weighted by Crippen LogP contribution is -2.47. The van der Waals surface area contributed by atoms with E-state index < -0.39 is 6.10 Å². The monoisotopic (exact) mass is 251 g/mol. The molecule has 1 aliphatic rings. The molecule has 1 heterocycles. The van der Waals surface area contributed by atoms with Crippen LogP contribution in [0.4, 0.5) is 5.69 Å². The fourth-order valence-corrected chi connectivity index (χ4v) is 1.81. The molecule has 1 unspecified atom stereocenters. The van der Waals surface area contributed by atoms with Gasteiger partial charge in [0.25, 0.3) is 0 Å². The van der Waals surface area contributed by atoms with E-state index in [4.69, 9.17) is 4.74 Å². The highest BCUT2D eigenvalue weighted by Crippen LogP contribution is 2.17. The van der Waals surface area contributed by atoms with Crippen LogP contribution in [0.25, 0.3) is 0 Å². The van der Waals surface area contributed by atoms with Gasteiger partial charge in [0.05, 0.1) is 19.3 Å². The molecule has 0 spiro atoms. The maximum Gasteiger partial charge on any atom is 0.108 e. The maximum absolute atomic E-state index is 10.3. The number of hydrazine groups is 1. The van der Waals surface area contributed by atoms with Crippen LogP contribution >= 0.6 is 0 Å². The summed E-state index contributed by atoms with van der Waals surface area (Å²) in [5.41, 5.74) is 4.30. The van der Waals surface area contributed by atoms with Gasteiger partial charge in [-0.15, -0.1) is 4.91 Å². The number of aliphatic hydroxyl groups is 1. The number of nitroso groups, excluding NO2 is 1. The number of nitrogens with one attached hydrogen (secondary N) is 1. The van der Waals surface area contributed by atoms with Gasteiger partial charge in [-0.1, -0.05) is 12.1 Å². The van der Waals surface area contributed by atoms with Gasteiger partial charge in [-0.05, 0) is 22.9 Å². The third kappa shape index (κ3) is 3.58. The Kier molecular flexibility index (Phi) is 4.77. The predicted octanol–water partition coefficient (Wildman–Crippen LogP) is 0.955. The molecule has 6 nitrogen and oxygen atoms in total. The maximum atomic E-state index is 10.3. The van der Waals surface area contributed by atoms with Crippen LogP contribution in [0, 0.1) is 4.91 Å². The number of morpholine rings is 1. The minimum absolute atomic E-state index is 0.368. The molecule has 0 bridgehead atoms. The lowest BCUT2D eigenvalue weighted by atomic mass is 10.1. The van der Waals surface area contributed by atoms with Crippen LogP contribution in [0.3, 0.4) is 0 Å². The zero-order valence-corrected chi connectivity index (χ0v) is 10.1. The van der Waals surface area contributed by atoms with Crippen molar-refractivity contribution in [1.82, 2.24) is 10.4 Å². The largest absolute Gasteiger partial charge is 0.387 e. The molecule has 98 valence electrons. The van der Waals surface area contributed by atoms with Crippen molar-refractivity contribution >= 4 is 5.69 Å². The number of aliphatic hydroxyl groups excluding tert-OH is 1. The van der Waals surface area contributed by atoms with Gasteiger partial charge in [-0.2, -0.15) is 0 Å². The van der Waals surface area contributed by atoms with Crippen molar-refractivity contribution < 1.29 is 9.84 Å². The van der Waals surface area contributed by atoms with Gasteiger partial charge < -0.3 is 9.84 Å². The van der Waals surface area contributed by atoms with Crippen molar-refractivity contribution in [3.05, 3.63) is 34.7 Å². The van der Waals surface area contributed by atoms with Crippen LogP contribution in [0.15, 0.2) is 29.4 Å². The minimum Gasteiger partial charge on any atom is -0.387 e. The van der Waals surface area contributed by atoms with E-state index in [1.165, 1.54) is 0 Å². The summed E-state index contributed by atoms with van der Waals surface area (Å²) >= 11 is 0. The van der Waals surface area contributed by atoms with Crippen LogP contribution in [0.1, 0.15) is 11.7 Å². The van der Waals surface area contributed by atoms with Crippen molar-refractivity contribution in [2.45, 2.75) is 6.10 Å². The Morgan fingerprint density at radius 1 is 1.33 bits per heavy atom. The van der Waals surface area contributed by atoms with E-state index in [1.54, 1.807) is 24.3 Å². The normalized spacial score (nSPS) is 18.5. The molecule has 0 aliphatic carbocycles. The summed E-state index contributed by atoms with van der Waals surface area (Å²) in [5, 5.41) is 14.8. The third-order valence-corrected chi connectivity index (χ3v) is 2.90. The first-order chi connectivity index (χ1) is 8.79. The summed E-state index contributed by atoms with van der Waals surface area (Å²) in [5.74, 6) is 0. The molecule has 0 saturated carbocycles. The molecular formula is C12H17N3O3. The Bertz CT molecular complexity index is 377. The van der Waals surface area contributed by atoms with Gasteiger partial charge in [0.1, 0.15) is 5.69 Å². The summed E-state index contributed by atoms with van der Waals surface area (Å²) < 4.78 is 5.23. The molecule has 18 heavy (non-hydrogen) atoms. The van der Waals surface area contributed by atoms with E-state index in [0.29, 0.717) is 25.4 Å². The van der Waals surface area contributed by atoms with Crippen molar-refractivity contribution in [2.75, 3.05) is 32.8 Å². The van der Waals surface area contributed by atoms with Crippen molar-refractivity contribution in [2.24, 2.45) is 5.18 Å². The van der Waals surface area contributed by atoms with E-state index in [9.17, 15) is 10.0 Å². The lowest BCUT2D eigenvalue weighted by Gasteiger charge is -2.28. The fraction of sp³-hybridized carbons (Fsp3) is 0.500. The highest BCUT2D eigenvalue weighted by molar-refractivity contribution is 5.39. The second-order valence-electron chi connectivity index (χ2n) is 4.16. The third-order valence-electron chi connectivity index (χ3n) is 2.90. The Hall–Kier alpha value is -1.34. The van der Waals surface area contributed by atoms with E-state index in [-0.39, 0.29) is 0 Å². The van der Waals surface area contributed by atoms with E-state index >= 15 is 0 Å². The molecule has 0 amide bonds. The Labute approximate surface area is 105 Å². The molecule has 2 rings (SSSR count). The van der Waals surface area contributed by atoms with E-state index in [0.717, 1.165) is 18.7 Å². The number of hydrogen-bond donors (Lipinski definition) is 2. The standard InChI is InChI=1S/C12H17N3O3/c16-12(9-13-15-5-7-18-8-6-15)10-1-3-11(14-17)4-2-10/h1-4,12-13,16H,5-9H2. The summed E-state index contributed by atoms with van der Waals surface area (Å²) in [6, 6.07) is 6.62. The van der Waals surface area contributed by atoms with Gasteiger partial charge in [0.15, 0.2) is 0 Å². The summed E-state index contributed by atoms with van der Waals surface area (Å²) in [4.78, 5) is 10.3. The van der Waals surface area contributed by atoms with Gasteiger partial charge >= 0.3 is 0 Å². The molecule has 1 atom stereocenters. The molecule has 1 saturated heterocycles. The number of nitrogens with zero attached hydrogens (tertiary/aromatic N) is 2. The van der Waals surface area contributed by atoms with Gasteiger partial charge in [0.2, 0.25) is 0 Å². The zero-order chi connectivity index (χ0) is 12.8. The van der Waals surface area contributed by atoms with Crippen LogP contribution in [0.2, 0.25) is 0 Å². The Morgan fingerprint density at radius 2 is 2.00 bits per heavy atom. The Balaban J connectivity index is 1.82. The quantitative estimate of drug-likeness (QED) is 0.762. The second-order valence-corrected chi connectivity index (χ2v) is 4.16. The highest BCUT2D eigenvalue weighted by atomic mass is 16.5. The average molecular weight is 251 g/mol. The van der Waals surface area contributed by atoms with Crippen molar-refractivity contribution in [3.63, 3.8) is 0 Å². The zero-order valence-electron chi connectivity index (χ0n) is 10.1. The highest BCUT2D eigenvalue weighted by Gasteiger charge is 2.12. The molecule has 2 N–H and O–H groups in total. The number of ether oxygens (including phenoxy) is 1. The van der Waals surface area contributed by atoms with Crippen LogP contribution in [0.5, 0.6) is 0 Å². The molecule has 0 radical (unpaired) electrons. The first-order valence-electron chi connectivity index (χ1n) is 5.97. The van der Waals surface area contributed by atoms with Crippen molar-refractivity contribution in [1.29, 1.82) is 0 Å². The summed E-state index contributed by atoms with van der Waals surface area (Å²) in [6.45, 7) is 3.50. The summed E-state index contributed by atoms with van der Waals surface area (Å²) in [6.07, 6.45) is -0.603. The van der Waals surface area contributed by atoms with Crippen LogP contribution < -0.4 is 5.43 Å². The van der Waals surface area contributed by atoms with Gasteiger partial charge in [-0.3, -0.25) is 5.43 Å². The van der Waals surface area contributed by atoms with Gasteiger partial charge in [-0.25, -0.2) is 5.01 Å². The minimum atomic E-state index is -0.603. The lowest BCUT2D eigenvalue weighted by molar-refractivity contribution is 0.00312. The van der Waals surface area contributed by atoms with E-state index in [1.807, 2.05) is 5.01 Å². The van der Waals surface area contributed by atoms with E-state index in [2.05, 4.69) is 10.6 Å². The molecule has 6 heteroatoms. The molecule has 1 aliphatic heterocycles. The van der Waals surface area contributed by atoms with Crippen LogP contribution in [-0.2, 0) is 4.74 Å². The molecule has 0 aromatic heterocycles. The molecule has 1 aromatic rings. The predicted molar refractivity (Wildman–Crippen MR) is 67.3 cm³/mol. The van der Waals surface area contributed by atoms with Gasteiger partial charge in [0, 0.05) is 19.6 Å². The van der Waals surface area contributed by atoms with Crippen molar-refractivity contribution in [3.8, 4) is 0 Å². The number of benzene rings is 1. The van der Waals surface area contributed by atoms with Crippen LogP contribution in [-0.4, -0.2) is 43.0 Å². The second kappa shape index (κ2) is 6.55. The number of hydrogen-bond acceptors (Lipinski definition) is 6. The Morgan fingerprint density at radius 3 is 2.61 bits per heavy atom. The average Bonchev–Trinajstić information content (AvgIpc) is 2.46. The molecule has 1 fully saturated rings. The molecular weight excluding hydrogens is 234 g/mol. The number of rotatable bonds is 5. The first kappa shape index (κ1) is 13.1. The SMILES string of the molecule is O=Nc1ccc(C(O)CNN2CCOCC2)cc1. The summed E-state index contributed by atoms with van der Waals surface area (Å²) in [7, 11) is 0. The smallest absolute Gasteiger partial charge is 0.108 e. The fourth-order valence-electron chi connectivity index (χ4n) is 1.81. The topological polar surface area (TPSA) is 74.2 Å².